The molecule has 0 saturated heterocycles. The van der Waals surface area contributed by atoms with E-state index in [2.05, 4.69) is 46.3 Å². The summed E-state index contributed by atoms with van der Waals surface area (Å²) < 4.78 is 0. The van der Waals surface area contributed by atoms with Crippen molar-refractivity contribution in [3.63, 3.8) is 0 Å². The van der Waals surface area contributed by atoms with E-state index in [9.17, 15) is 4.79 Å². The van der Waals surface area contributed by atoms with Crippen LogP contribution >= 0.6 is 0 Å². The third kappa shape index (κ3) is 4.39. The van der Waals surface area contributed by atoms with Crippen molar-refractivity contribution in [1.82, 2.24) is 15.2 Å². The first-order valence-corrected chi connectivity index (χ1v) is 10.8. The van der Waals surface area contributed by atoms with Gasteiger partial charge in [-0.05, 0) is 61.8 Å². The molecule has 0 bridgehead atoms. The second-order valence-corrected chi connectivity index (χ2v) is 8.04. The average molecular weight is 401 g/mol. The highest BCUT2D eigenvalue weighted by molar-refractivity contribution is 5.98. The maximum atomic E-state index is 13.3. The Morgan fingerprint density at radius 1 is 1.20 bits per heavy atom. The number of rotatable bonds is 6. The van der Waals surface area contributed by atoms with Crippen molar-refractivity contribution in [2.75, 3.05) is 6.54 Å². The van der Waals surface area contributed by atoms with Gasteiger partial charge in [0.2, 0.25) is 0 Å². The molecule has 2 aromatic carbocycles. The largest absolute Gasteiger partial charge is 0.351 e. The molecular formula is C25H28N4O. The van der Waals surface area contributed by atoms with E-state index >= 15 is 0 Å². The third-order valence-corrected chi connectivity index (χ3v) is 6.09. The first-order chi connectivity index (χ1) is 14.7. The number of carbonyl (C=O) groups is 1. The smallest absolute Gasteiger partial charge is 0.270 e. The molecule has 5 heteroatoms. The summed E-state index contributed by atoms with van der Waals surface area (Å²) in [6.07, 6.45) is 4.31. The molecule has 2 atom stereocenters. The van der Waals surface area contributed by atoms with Crippen molar-refractivity contribution < 1.29 is 4.79 Å². The zero-order chi connectivity index (χ0) is 20.9. The number of aromatic nitrogens is 1. The monoisotopic (exact) mass is 400 g/mol. The molecule has 0 aliphatic heterocycles. The zero-order valence-corrected chi connectivity index (χ0v) is 17.4. The summed E-state index contributed by atoms with van der Waals surface area (Å²) in [5, 5.41) is 4.60. The van der Waals surface area contributed by atoms with Crippen molar-refractivity contribution in [3.8, 4) is 0 Å². The number of hydrogen-bond donors (Lipinski definition) is 2. The molecule has 1 aromatic heterocycles. The summed E-state index contributed by atoms with van der Waals surface area (Å²) in [6, 6.07) is 18.5. The summed E-state index contributed by atoms with van der Waals surface area (Å²) in [5.41, 5.74) is 3.38. The number of benzene rings is 2. The minimum Gasteiger partial charge on any atom is -0.351 e. The van der Waals surface area contributed by atoms with Gasteiger partial charge in [-0.15, -0.1) is 0 Å². The fourth-order valence-electron chi connectivity index (χ4n) is 4.52. The highest BCUT2D eigenvalue weighted by Crippen LogP contribution is 2.27. The van der Waals surface area contributed by atoms with Crippen LogP contribution in [0, 0.1) is 6.57 Å². The molecule has 1 aliphatic rings. The third-order valence-electron chi connectivity index (χ3n) is 6.09. The van der Waals surface area contributed by atoms with Gasteiger partial charge in [0, 0.05) is 30.7 Å². The molecule has 1 fully saturated rings. The first-order valence-electron chi connectivity index (χ1n) is 10.8. The predicted molar refractivity (Wildman–Crippen MR) is 121 cm³/mol. The molecule has 154 valence electrons. The minimum atomic E-state index is 0.0479. The number of nitrogens with one attached hydrogen (secondary N) is 2. The Kier molecular flexibility index (Phi) is 6.15. The normalized spacial score (nSPS) is 18.8. The topological polar surface area (TPSA) is 52.5 Å². The quantitative estimate of drug-likeness (QED) is 0.553. The van der Waals surface area contributed by atoms with Gasteiger partial charge in [-0.25, -0.2) is 4.85 Å². The Morgan fingerprint density at radius 3 is 2.80 bits per heavy atom. The molecule has 0 radical (unpaired) electrons. The zero-order valence-electron chi connectivity index (χ0n) is 17.4. The van der Waals surface area contributed by atoms with Gasteiger partial charge in [0.05, 0.1) is 6.57 Å². The molecule has 2 N–H and O–H groups in total. The fourth-order valence-corrected chi connectivity index (χ4v) is 4.52. The minimum absolute atomic E-state index is 0.0479. The molecule has 1 aliphatic carbocycles. The van der Waals surface area contributed by atoms with E-state index in [0.717, 1.165) is 43.1 Å². The summed E-state index contributed by atoms with van der Waals surface area (Å²) >= 11 is 0. The molecule has 30 heavy (non-hydrogen) atoms. The van der Waals surface area contributed by atoms with Crippen molar-refractivity contribution in [2.45, 2.75) is 51.2 Å². The van der Waals surface area contributed by atoms with E-state index in [4.69, 9.17) is 6.57 Å². The Balaban J connectivity index is 1.44. The molecule has 0 unspecified atom stereocenters. The fraction of sp³-hybridized carbons (Fsp3) is 0.360. The number of nitrogens with zero attached hydrogens (tertiary/aromatic N) is 2. The van der Waals surface area contributed by atoms with Gasteiger partial charge in [0.1, 0.15) is 5.69 Å². The van der Waals surface area contributed by atoms with E-state index in [1.54, 1.807) is 6.07 Å². The molecule has 4 rings (SSSR count). The van der Waals surface area contributed by atoms with Crippen LogP contribution in [-0.4, -0.2) is 34.4 Å². The first kappa shape index (κ1) is 20.2. The van der Waals surface area contributed by atoms with Crippen molar-refractivity contribution in [3.05, 3.63) is 77.3 Å². The second kappa shape index (κ2) is 9.15. The molecular weight excluding hydrogens is 372 g/mol. The average Bonchev–Trinajstić information content (AvgIpc) is 3.22. The van der Waals surface area contributed by atoms with Crippen LogP contribution in [0.15, 0.2) is 54.6 Å². The lowest BCUT2D eigenvalue weighted by atomic mass is 9.89. The van der Waals surface area contributed by atoms with Crippen LogP contribution < -0.4 is 5.32 Å². The highest BCUT2D eigenvalue weighted by Gasteiger charge is 2.29. The van der Waals surface area contributed by atoms with Crippen LogP contribution in [0.4, 0.5) is 5.69 Å². The van der Waals surface area contributed by atoms with Crippen molar-refractivity contribution >= 4 is 22.5 Å². The molecule has 3 aromatic rings. The van der Waals surface area contributed by atoms with E-state index in [-0.39, 0.29) is 11.9 Å². The SMILES string of the molecule is [C-]#[N+]c1ccc2[nH]c(C(=O)N(CC)[C@H]3CCC[C@@H](NCc4ccccc4)C3)cc2c1. The number of amides is 1. The van der Waals surface area contributed by atoms with Gasteiger partial charge in [0.25, 0.3) is 5.91 Å². The summed E-state index contributed by atoms with van der Waals surface area (Å²) in [7, 11) is 0. The molecule has 1 saturated carbocycles. The molecule has 0 spiro atoms. The van der Waals surface area contributed by atoms with E-state index in [1.807, 2.05) is 29.2 Å². The van der Waals surface area contributed by atoms with Gasteiger partial charge < -0.3 is 15.2 Å². The maximum absolute atomic E-state index is 13.3. The Labute approximate surface area is 177 Å². The van der Waals surface area contributed by atoms with Gasteiger partial charge in [-0.1, -0.05) is 36.4 Å². The second-order valence-electron chi connectivity index (χ2n) is 8.04. The van der Waals surface area contributed by atoms with Crippen LogP contribution in [0.2, 0.25) is 0 Å². The summed E-state index contributed by atoms with van der Waals surface area (Å²) in [6.45, 7) is 10.8. The Bertz CT molecular complexity index is 1050. The van der Waals surface area contributed by atoms with Crippen LogP contribution in [0.25, 0.3) is 15.7 Å². The molecule has 1 heterocycles. The Hall–Kier alpha value is -3.10. The van der Waals surface area contributed by atoms with Gasteiger partial charge in [-0.2, -0.15) is 0 Å². The van der Waals surface area contributed by atoms with E-state index in [0.29, 0.717) is 24.0 Å². The van der Waals surface area contributed by atoms with Gasteiger partial charge >= 0.3 is 0 Å². The van der Waals surface area contributed by atoms with Gasteiger partial charge in [-0.3, -0.25) is 4.79 Å². The lowest BCUT2D eigenvalue weighted by molar-refractivity contribution is 0.0623. The standard InChI is InChI=1S/C25H28N4O/c1-3-29(25(30)24-15-19-14-20(26-2)12-13-23(19)28-24)22-11-7-10-21(16-22)27-17-18-8-5-4-6-9-18/h4-6,8-9,12-15,21-22,27-28H,3,7,10-11,16-17H2,1H3/t21-,22+/m1/s1. The van der Waals surface area contributed by atoms with Crippen LogP contribution in [0.3, 0.4) is 0 Å². The van der Waals surface area contributed by atoms with E-state index in [1.165, 1.54) is 5.56 Å². The number of aromatic amines is 1. The lowest BCUT2D eigenvalue weighted by Crippen LogP contribution is -2.46. The maximum Gasteiger partial charge on any atom is 0.270 e. The molecule has 5 nitrogen and oxygen atoms in total. The van der Waals surface area contributed by atoms with Crippen molar-refractivity contribution in [1.29, 1.82) is 0 Å². The molecule has 1 amide bonds. The lowest BCUT2D eigenvalue weighted by Gasteiger charge is -2.37. The van der Waals surface area contributed by atoms with Crippen LogP contribution in [0.1, 0.15) is 48.7 Å². The van der Waals surface area contributed by atoms with E-state index < -0.39 is 0 Å². The Morgan fingerprint density at radius 2 is 2.03 bits per heavy atom. The summed E-state index contributed by atoms with van der Waals surface area (Å²) in [5.74, 6) is 0.0479. The predicted octanol–water partition coefficient (Wildman–Crippen LogP) is 5.28. The highest BCUT2D eigenvalue weighted by atomic mass is 16.2. The van der Waals surface area contributed by atoms with Crippen LogP contribution in [0.5, 0.6) is 0 Å². The van der Waals surface area contributed by atoms with Crippen molar-refractivity contribution in [2.24, 2.45) is 0 Å². The number of hydrogen-bond acceptors (Lipinski definition) is 2. The number of carbonyl (C=O) groups excluding carboxylic acids is 1. The number of H-pyrrole nitrogens is 1. The number of fused-ring (bicyclic) bond motifs is 1. The van der Waals surface area contributed by atoms with Gasteiger partial charge in [0.15, 0.2) is 5.69 Å². The van der Waals surface area contributed by atoms with Crippen LogP contribution in [-0.2, 0) is 6.54 Å². The summed E-state index contributed by atoms with van der Waals surface area (Å²) in [4.78, 5) is 22.0.